The summed E-state index contributed by atoms with van der Waals surface area (Å²) in [5.74, 6) is -4.08. The van der Waals surface area contributed by atoms with Gasteiger partial charge in [-0.05, 0) is 37.3 Å². The van der Waals surface area contributed by atoms with Gasteiger partial charge in [-0.3, -0.25) is 19.1 Å². The summed E-state index contributed by atoms with van der Waals surface area (Å²) in [6, 6.07) is 17.9. The maximum atomic E-state index is 13.5. The van der Waals surface area contributed by atoms with Gasteiger partial charge in [0.1, 0.15) is 24.5 Å². The molecule has 1 atom stereocenters. The van der Waals surface area contributed by atoms with Crippen LogP contribution in [0.1, 0.15) is 43.6 Å². The van der Waals surface area contributed by atoms with E-state index < -0.39 is 53.5 Å². The molecule has 2 aromatic heterocycles. The molecule has 1 unspecified atom stereocenters. The topological polar surface area (TPSA) is 170 Å². The first-order chi connectivity index (χ1) is 19.7. The van der Waals surface area contributed by atoms with Crippen molar-refractivity contribution in [2.45, 2.75) is 19.8 Å². The molecule has 0 saturated carbocycles. The van der Waals surface area contributed by atoms with Gasteiger partial charge in [0.25, 0.3) is 5.56 Å². The van der Waals surface area contributed by atoms with E-state index in [0.29, 0.717) is 6.20 Å². The predicted octanol–water partition coefficient (Wildman–Crippen LogP) is 2.63. The van der Waals surface area contributed by atoms with Gasteiger partial charge >= 0.3 is 17.6 Å². The fraction of sp³-hybridized carbons (Fsp3) is 0.107. The Hall–Kier alpha value is -5.74. The van der Waals surface area contributed by atoms with Gasteiger partial charge < -0.3 is 14.2 Å². The van der Waals surface area contributed by atoms with Gasteiger partial charge in [-0.2, -0.15) is 14.6 Å². The normalized spacial score (nSPS) is 11.2. The Labute approximate surface area is 230 Å². The number of aromatic nitrogens is 3. The van der Waals surface area contributed by atoms with Crippen LogP contribution in [0, 0.1) is 17.1 Å². The number of aromatic amines is 1. The Morgan fingerprint density at radius 2 is 1.66 bits per heavy atom. The average molecular weight is 558 g/mol. The van der Waals surface area contributed by atoms with Crippen LogP contribution in [0.2, 0.25) is 0 Å². The number of carbonyl (C=O) groups excluding carboxylic acids is 3. The monoisotopic (exact) mass is 558 g/mol. The highest BCUT2D eigenvalue weighted by atomic mass is 19.1. The summed E-state index contributed by atoms with van der Waals surface area (Å²) in [7, 11) is 0. The van der Waals surface area contributed by atoms with E-state index in [4.69, 9.17) is 14.2 Å². The number of ether oxygens (including phenoxy) is 3. The molecule has 4 rings (SSSR count). The molecule has 0 bridgehead atoms. The van der Waals surface area contributed by atoms with E-state index in [9.17, 15) is 33.6 Å². The summed E-state index contributed by atoms with van der Waals surface area (Å²) in [5.41, 5.74) is -1.98. The summed E-state index contributed by atoms with van der Waals surface area (Å²) >= 11 is 0. The minimum atomic E-state index is -1.20. The van der Waals surface area contributed by atoms with Crippen LogP contribution in [0.4, 0.5) is 4.39 Å². The van der Waals surface area contributed by atoms with Gasteiger partial charge in [0.15, 0.2) is 5.78 Å². The van der Waals surface area contributed by atoms with Crippen molar-refractivity contribution in [3.63, 3.8) is 0 Å². The summed E-state index contributed by atoms with van der Waals surface area (Å²) in [6.45, 7) is 0.848. The van der Waals surface area contributed by atoms with Crippen molar-refractivity contribution in [3.05, 3.63) is 122 Å². The zero-order chi connectivity index (χ0) is 29.5. The van der Waals surface area contributed by atoms with E-state index in [2.05, 4.69) is 4.98 Å². The highest BCUT2D eigenvalue weighted by molar-refractivity contribution is 6.01. The van der Waals surface area contributed by atoms with Gasteiger partial charge in [-0.15, -0.1) is 0 Å². The highest BCUT2D eigenvalue weighted by Crippen LogP contribution is 2.22. The molecule has 2 heterocycles. The second kappa shape index (κ2) is 12.4. The third-order valence-corrected chi connectivity index (χ3v) is 5.53. The smallest absolute Gasteiger partial charge is 0.344 e. The number of Topliss-reactive ketones (excluding diaryl/α,β-unsaturated/α-hetero) is 1. The van der Waals surface area contributed by atoms with Crippen molar-refractivity contribution in [2.24, 2.45) is 0 Å². The molecule has 4 aromatic rings. The lowest BCUT2D eigenvalue weighted by Crippen LogP contribution is -2.33. The van der Waals surface area contributed by atoms with Crippen LogP contribution >= 0.6 is 0 Å². The minimum Gasteiger partial charge on any atom is -0.404 e. The molecule has 13 heteroatoms. The van der Waals surface area contributed by atoms with Crippen LogP contribution < -0.4 is 20.7 Å². The molecule has 0 fully saturated rings. The van der Waals surface area contributed by atoms with Crippen molar-refractivity contribution in [2.75, 3.05) is 0 Å². The number of halogens is 1. The molecule has 0 amide bonds. The van der Waals surface area contributed by atoms with Crippen molar-refractivity contribution in [3.8, 4) is 17.8 Å². The Morgan fingerprint density at radius 3 is 2.39 bits per heavy atom. The van der Waals surface area contributed by atoms with Gasteiger partial charge in [0, 0.05) is 11.6 Å². The summed E-state index contributed by atoms with van der Waals surface area (Å²) < 4.78 is 30.0. The molecule has 0 aliphatic carbocycles. The average Bonchev–Trinajstić information content (AvgIpc) is 2.98. The fourth-order valence-electron chi connectivity index (χ4n) is 3.40. The number of carbonyl (C=O) groups is 3. The number of nitrogens with one attached hydrogen (secondary N) is 1. The van der Waals surface area contributed by atoms with Gasteiger partial charge in [0.05, 0.1) is 17.3 Å². The number of benzene rings is 2. The largest absolute Gasteiger partial charge is 0.404 e. The molecule has 2 aromatic carbocycles. The zero-order valence-corrected chi connectivity index (χ0v) is 21.2. The standard InChI is InChI=1S/C28H19FN4O8/c1-16(39-15-33-14-21(29)24(35)32-28(33)38)23(34)18-8-5-9-19(12-18)27(37)41-25-20(13-30)10-11-22(31-25)40-26(36)17-6-3-2-4-7-17/h2-12,14,16H,15H2,1H3,(H,32,35,38). The Balaban J connectivity index is 1.46. The minimum absolute atomic E-state index is 0.0472. The van der Waals surface area contributed by atoms with Gasteiger partial charge in [-0.25, -0.2) is 14.4 Å². The molecule has 12 nitrogen and oxygen atoms in total. The molecule has 0 radical (unpaired) electrons. The molecule has 206 valence electrons. The van der Waals surface area contributed by atoms with E-state index >= 15 is 0 Å². The molecule has 0 spiro atoms. The second-order valence-corrected chi connectivity index (χ2v) is 8.35. The van der Waals surface area contributed by atoms with Crippen molar-refractivity contribution in [1.82, 2.24) is 14.5 Å². The predicted molar refractivity (Wildman–Crippen MR) is 138 cm³/mol. The highest BCUT2D eigenvalue weighted by Gasteiger charge is 2.20. The molecule has 41 heavy (non-hydrogen) atoms. The van der Waals surface area contributed by atoms with Crippen molar-refractivity contribution < 1.29 is 33.0 Å². The van der Waals surface area contributed by atoms with Crippen molar-refractivity contribution in [1.29, 1.82) is 5.26 Å². The van der Waals surface area contributed by atoms with E-state index in [-0.39, 0.29) is 28.1 Å². The number of hydrogen-bond donors (Lipinski definition) is 1. The lowest BCUT2D eigenvalue weighted by molar-refractivity contribution is 0.0173. The van der Waals surface area contributed by atoms with Crippen LogP contribution in [0.5, 0.6) is 11.8 Å². The third kappa shape index (κ3) is 6.83. The summed E-state index contributed by atoms with van der Waals surface area (Å²) in [4.78, 5) is 66.7. The van der Waals surface area contributed by atoms with Crippen LogP contribution in [-0.2, 0) is 11.5 Å². The maximum Gasteiger partial charge on any atom is 0.344 e. The molecular formula is C28H19FN4O8. The number of esters is 2. The molecule has 1 N–H and O–H groups in total. The molecular weight excluding hydrogens is 539 g/mol. The summed E-state index contributed by atoms with van der Waals surface area (Å²) in [5, 5.41) is 9.40. The van der Waals surface area contributed by atoms with Crippen molar-refractivity contribution >= 4 is 17.7 Å². The third-order valence-electron chi connectivity index (χ3n) is 5.53. The number of H-pyrrole nitrogens is 1. The Bertz CT molecular complexity index is 1790. The number of nitriles is 1. The quantitative estimate of drug-likeness (QED) is 0.238. The first-order valence-corrected chi connectivity index (χ1v) is 11.8. The molecule has 0 saturated heterocycles. The molecule has 0 aliphatic heterocycles. The lowest BCUT2D eigenvalue weighted by Gasteiger charge is -2.14. The fourth-order valence-corrected chi connectivity index (χ4v) is 3.40. The molecule has 0 aliphatic rings. The number of hydrogen-bond acceptors (Lipinski definition) is 10. The van der Waals surface area contributed by atoms with Gasteiger partial charge in [-0.1, -0.05) is 30.3 Å². The first-order valence-electron chi connectivity index (χ1n) is 11.8. The number of nitrogens with zero attached hydrogens (tertiary/aromatic N) is 3. The summed E-state index contributed by atoms with van der Waals surface area (Å²) in [6.07, 6.45) is -0.484. The SMILES string of the molecule is CC(OCn1cc(F)c(=O)[nH]c1=O)C(=O)c1cccc(C(=O)Oc2nc(OC(=O)c3ccccc3)ccc2C#N)c1. The Kier molecular flexibility index (Phi) is 8.56. The van der Waals surface area contributed by atoms with Crippen LogP contribution in [0.15, 0.2) is 82.5 Å². The van der Waals surface area contributed by atoms with E-state index in [1.807, 2.05) is 6.07 Å². The number of rotatable bonds is 9. The second-order valence-electron chi connectivity index (χ2n) is 8.35. The van der Waals surface area contributed by atoms with Crippen LogP contribution in [0.3, 0.4) is 0 Å². The number of ketones is 1. The van der Waals surface area contributed by atoms with Crippen LogP contribution in [0.25, 0.3) is 0 Å². The number of pyridine rings is 1. The van der Waals surface area contributed by atoms with E-state index in [1.54, 1.807) is 23.2 Å². The van der Waals surface area contributed by atoms with Crippen LogP contribution in [-0.4, -0.2) is 38.4 Å². The first kappa shape index (κ1) is 28.3. The van der Waals surface area contributed by atoms with E-state index in [1.165, 1.54) is 55.5 Å². The van der Waals surface area contributed by atoms with Gasteiger partial charge in [0.2, 0.25) is 17.6 Å². The maximum absolute atomic E-state index is 13.5. The Morgan fingerprint density at radius 1 is 0.976 bits per heavy atom. The lowest BCUT2D eigenvalue weighted by atomic mass is 10.0. The van der Waals surface area contributed by atoms with E-state index in [0.717, 1.165) is 4.57 Å². The zero-order valence-electron chi connectivity index (χ0n) is 21.2.